The quantitative estimate of drug-likeness (QED) is 0.689. The number of aromatic nitrogens is 1. The van der Waals surface area contributed by atoms with E-state index in [1.54, 1.807) is 13.8 Å². The van der Waals surface area contributed by atoms with Crippen LogP contribution in [0.2, 0.25) is 0 Å². The van der Waals surface area contributed by atoms with E-state index in [4.69, 9.17) is 5.79 Å². The lowest BCUT2D eigenvalue weighted by Crippen LogP contribution is -2.20. The maximum Gasteiger partial charge on any atom is 0.197 e. The molecule has 0 atom stereocenters. The first-order valence-corrected chi connectivity index (χ1v) is 5.86. The topological polar surface area (TPSA) is 26.0 Å². The second-order valence-corrected chi connectivity index (χ2v) is 6.70. The summed E-state index contributed by atoms with van der Waals surface area (Å²) in [6.45, 7) is 16.3. The van der Waals surface area contributed by atoms with Gasteiger partial charge in [-0.2, -0.15) is 0 Å². The van der Waals surface area contributed by atoms with E-state index in [-0.39, 0.29) is 18.3 Å². The van der Waals surface area contributed by atoms with Gasteiger partial charge in [0.2, 0.25) is 0 Å². The lowest BCUT2D eigenvalue weighted by Gasteiger charge is -2.22. The van der Waals surface area contributed by atoms with Crippen molar-refractivity contribution < 1.29 is 5.79 Å². The molecule has 0 N–H and O–H groups in total. The van der Waals surface area contributed by atoms with Crippen LogP contribution in [0, 0.1) is 0 Å². The largest absolute Gasteiger partial charge is 0.445 e. The third-order valence-electron chi connectivity index (χ3n) is 2.45. The highest BCUT2D eigenvalue weighted by atomic mass is 16.4. The van der Waals surface area contributed by atoms with E-state index in [1.165, 1.54) is 0 Å². The van der Waals surface area contributed by atoms with Crippen LogP contribution >= 0.6 is 0 Å². The molecule has 0 aliphatic rings. The van der Waals surface area contributed by atoms with Gasteiger partial charge in [0.15, 0.2) is 5.89 Å². The van der Waals surface area contributed by atoms with E-state index in [9.17, 15) is 0 Å². The molecule has 0 spiro atoms. The van der Waals surface area contributed by atoms with E-state index < -0.39 is 5.89 Å². The second-order valence-electron chi connectivity index (χ2n) is 6.70. The lowest BCUT2D eigenvalue weighted by molar-refractivity contribution is 0.364. The molecule has 1 heterocycles. The minimum absolute atomic E-state index is 0. The number of oxazole rings is 1. The van der Waals surface area contributed by atoms with Crippen LogP contribution in [0.5, 0.6) is 0 Å². The normalized spacial score (nSPS) is 14.2. The maximum absolute atomic E-state index is 8.04. The predicted octanol–water partition coefficient (Wildman–Crippen LogP) is 5.03. The van der Waals surface area contributed by atoms with E-state index in [0.29, 0.717) is 5.89 Å². The standard InChI is InChI=1S/C14H25NO.CH4/c1-9(2)12-15-10(13(3,4)5)11(16-12)14(6,7)8;/h9H,1-8H3;1H4/i9T;. The molecule has 0 saturated carbocycles. The van der Waals surface area contributed by atoms with Gasteiger partial charge < -0.3 is 4.42 Å². The van der Waals surface area contributed by atoms with Gasteiger partial charge in [-0.3, -0.25) is 0 Å². The highest BCUT2D eigenvalue weighted by Crippen LogP contribution is 2.35. The summed E-state index contributed by atoms with van der Waals surface area (Å²) in [6.07, 6.45) is 0. The summed E-state index contributed by atoms with van der Waals surface area (Å²) in [5, 5.41) is 0. The Hall–Kier alpha value is -0.790. The number of hydrogen-bond donors (Lipinski definition) is 0. The molecule has 17 heavy (non-hydrogen) atoms. The van der Waals surface area contributed by atoms with Crippen molar-refractivity contribution in [3.63, 3.8) is 0 Å². The average Bonchev–Trinajstić information content (AvgIpc) is 2.42. The van der Waals surface area contributed by atoms with Gasteiger partial charge >= 0.3 is 0 Å². The fourth-order valence-corrected chi connectivity index (χ4v) is 1.55. The Balaban J connectivity index is 0.00000289. The summed E-state index contributed by atoms with van der Waals surface area (Å²) in [5.41, 5.74) is 0.828. The smallest absolute Gasteiger partial charge is 0.197 e. The molecule has 0 aliphatic carbocycles. The minimum atomic E-state index is -0.788. The van der Waals surface area contributed by atoms with Crippen LogP contribution in [0.15, 0.2) is 4.42 Å². The molecule has 0 radical (unpaired) electrons. The van der Waals surface area contributed by atoms with Gasteiger partial charge in [-0.15, -0.1) is 0 Å². The first-order chi connectivity index (χ1) is 7.33. The lowest BCUT2D eigenvalue weighted by atomic mass is 9.83. The van der Waals surface area contributed by atoms with Gasteiger partial charge in [0.05, 0.1) is 5.69 Å². The highest BCUT2D eigenvalue weighted by molar-refractivity contribution is 5.25. The van der Waals surface area contributed by atoms with Crippen molar-refractivity contribution in [1.29, 1.82) is 0 Å². The Morgan fingerprint density at radius 3 is 1.76 bits per heavy atom. The Morgan fingerprint density at radius 1 is 1.06 bits per heavy atom. The van der Waals surface area contributed by atoms with E-state index in [1.807, 2.05) is 0 Å². The van der Waals surface area contributed by atoms with Crippen LogP contribution in [-0.2, 0) is 10.8 Å². The van der Waals surface area contributed by atoms with Crippen molar-refractivity contribution in [2.45, 2.75) is 79.5 Å². The van der Waals surface area contributed by atoms with Gasteiger partial charge in [0.1, 0.15) is 5.76 Å². The van der Waals surface area contributed by atoms with Crippen molar-refractivity contribution in [2.24, 2.45) is 0 Å². The molecule has 2 heteroatoms. The third-order valence-corrected chi connectivity index (χ3v) is 2.45. The van der Waals surface area contributed by atoms with Crippen LogP contribution in [0.25, 0.3) is 0 Å². The van der Waals surface area contributed by atoms with Crippen LogP contribution in [0.3, 0.4) is 0 Å². The van der Waals surface area contributed by atoms with Crippen molar-refractivity contribution in [3.05, 3.63) is 17.3 Å². The zero-order chi connectivity index (χ0) is 13.6. The molecular weight excluding hydrogens is 210 g/mol. The van der Waals surface area contributed by atoms with E-state index in [0.717, 1.165) is 11.5 Å². The van der Waals surface area contributed by atoms with E-state index >= 15 is 0 Å². The van der Waals surface area contributed by atoms with Gasteiger partial charge in [-0.05, 0) is 0 Å². The molecule has 1 aromatic rings. The van der Waals surface area contributed by atoms with E-state index in [2.05, 4.69) is 46.5 Å². The van der Waals surface area contributed by atoms with Crippen molar-refractivity contribution >= 4 is 0 Å². The molecule has 0 saturated heterocycles. The molecule has 0 aromatic carbocycles. The monoisotopic (exact) mass is 241 g/mol. The molecular formula is C15H29NO. The minimum Gasteiger partial charge on any atom is -0.445 e. The summed E-state index contributed by atoms with van der Waals surface area (Å²) >= 11 is 0. The molecule has 0 fully saturated rings. The van der Waals surface area contributed by atoms with Crippen LogP contribution in [-0.4, -0.2) is 4.98 Å². The summed E-state index contributed by atoms with van der Waals surface area (Å²) < 4.78 is 13.9. The van der Waals surface area contributed by atoms with Crippen LogP contribution in [0.1, 0.15) is 87.4 Å². The maximum atomic E-state index is 8.04. The zero-order valence-electron chi connectivity index (χ0n) is 12.9. The third kappa shape index (κ3) is 3.58. The van der Waals surface area contributed by atoms with Crippen LogP contribution < -0.4 is 0 Å². The van der Waals surface area contributed by atoms with Gasteiger partial charge in [0.25, 0.3) is 0 Å². The Bertz CT molecular complexity index is 368. The van der Waals surface area contributed by atoms with Gasteiger partial charge in [-0.1, -0.05) is 62.8 Å². The average molecular weight is 241 g/mol. The first kappa shape index (κ1) is 14.3. The molecule has 0 amide bonds. The summed E-state index contributed by atoms with van der Waals surface area (Å²) in [7, 11) is 0. The summed E-state index contributed by atoms with van der Waals surface area (Å²) in [6, 6.07) is 0. The number of hydrogen-bond acceptors (Lipinski definition) is 2. The Labute approximate surface area is 108 Å². The van der Waals surface area contributed by atoms with Gasteiger partial charge in [0, 0.05) is 18.1 Å². The highest BCUT2D eigenvalue weighted by Gasteiger charge is 2.31. The molecule has 0 bridgehead atoms. The second kappa shape index (κ2) is 4.83. The fraction of sp³-hybridized carbons (Fsp3) is 0.800. The predicted molar refractivity (Wildman–Crippen MR) is 74.7 cm³/mol. The molecule has 0 aliphatic heterocycles. The summed E-state index contributed by atoms with van der Waals surface area (Å²) in [4.78, 5) is 4.57. The SMILES string of the molecule is C.[3H]C(C)(C)c1nc(C(C)(C)C)c(C(C)(C)C)o1. The van der Waals surface area contributed by atoms with Crippen molar-refractivity contribution in [1.82, 2.24) is 4.98 Å². The molecule has 100 valence electrons. The Kier molecular flexibility index (Phi) is 4.06. The van der Waals surface area contributed by atoms with Crippen molar-refractivity contribution in [3.8, 4) is 0 Å². The molecule has 0 unspecified atom stereocenters. The molecule has 1 rings (SSSR count). The molecule has 1 aromatic heterocycles. The van der Waals surface area contributed by atoms with Crippen LogP contribution in [0.4, 0.5) is 0 Å². The zero-order valence-corrected chi connectivity index (χ0v) is 11.9. The number of nitrogens with zero attached hydrogens (tertiary/aromatic N) is 1. The van der Waals surface area contributed by atoms with Gasteiger partial charge in [-0.25, -0.2) is 4.98 Å². The van der Waals surface area contributed by atoms with Crippen molar-refractivity contribution in [2.75, 3.05) is 0 Å². The number of rotatable bonds is 1. The summed E-state index contributed by atoms with van der Waals surface area (Å²) in [5.74, 6) is 0.622. The Morgan fingerprint density at radius 2 is 1.53 bits per heavy atom. The fourth-order valence-electron chi connectivity index (χ4n) is 1.55. The molecule has 2 nitrogen and oxygen atoms in total. The first-order valence-electron chi connectivity index (χ1n) is 6.36.